The molecule has 0 unspecified atom stereocenters. The lowest BCUT2D eigenvalue weighted by molar-refractivity contribution is 0.102. The molecule has 2 aromatic carbocycles. The molecule has 2 aromatic heterocycles. The Bertz CT molecular complexity index is 1370. The van der Waals surface area contributed by atoms with Gasteiger partial charge in [-0.05, 0) is 55.5 Å². The van der Waals surface area contributed by atoms with Gasteiger partial charge in [0.2, 0.25) is 0 Å². The Balaban J connectivity index is 1.59. The van der Waals surface area contributed by atoms with Gasteiger partial charge in [0.25, 0.3) is 5.91 Å². The first-order valence-corrected chi connectivity index (χ1v) is 11.8. The fourth-order valence-electron chi connectivity index (χ4n) is 4.10. The number of fused-ring (bicyclic) bond motifs is 2. The number of nitriles is 1. The minimum atomic E-state index is -0.218. The van der Waals surface area contributed by atoms with Crippen LogP contribution in [0.25, 0.3) is 22.2 Å². The molecule has 2 heterocycles. The number of hydrogen-bond acceptors (Lipinski definition) is 4. The molecule has 6 heteroatoms. The number of nitrogens with one attached hydrogen (secondary N) is 1. The van der Waals surface area contributed by atoms with Crippen LogP contribution in [-0.4, -0.2) is 10.9 Å². The van der Waals surface area contributed by atoms with E-state index in [0.717, 1.165) is 57.9 Å². The normalized spacial score (nSPS) is 12.9. The zero-order valence-electron chi connectivity index (χ0n) is 16.6. The number of amides is 1. The van der Waals surface area contributed by atoms with E-state index in [-0.39, 0.29) is 5.91 Å². The van der Waals surface area contributed by atoms with Gasteiger partial charge in [0.05, 0.1) is 22.3 Å². The summed E-state index contributed by atoms with van der Waals surface area (Å²) in [5.41, 5.74) is 4.71. The van der Waals surface area contributed by atoms with Crippen molar-refractivity contribution >= 4 is 49.1 Å². The van der Waals surface area contributed by atoms with Crippen molar-refractivity contribution in [2.24, 2.45) is 0 Å². The largest absolute Gasteiger partial charge is 0.312 e. The van der Waals surface area contributed by atoms with Crippen molar-refractivity contribution in [2.75, 3.05) is 5.32 Å². The Morgan fingerprint density at radius 3 is 2.77 bits per heavy atom. The van der Waals surface area contributed by atoms with Crippen molar-refractivity contribution < 1.29 is 4.79 Å². The van der Waals surface area contributed by atoms with Gasteiger partial charge in [-0.25, -0.2) is 4.98 Å². The number of aryl methyl sites for hydroxylation is 1. The van der Waals surface area contributed by atoms with Crippen molar-refractivity contribution in [3.8, 4) is 17.3 Å². The summed E-state index contributed by atoms with van der Waals surface area (Å²) in [7, 11) is 0. The zero-order chi connectivity index (χ0) is 21.4. The van der Waals surface area contributed by atoms with Crippen LogP contribution in [0, 0.1) is 11.3 Å². The number of rotatable bonds is 3. The highest BCUT2D eigenvalue weighted by molar-refractivity contribution is 9.10. The summed E-state index contributed by atoms with van der Waals surface area (Å²) in [5, 5.41) is 14.2. The first kappa shape index (κ1) is 19.9. The molecule has 5 rings (SSSR count). The third-order valence-electron chi connectivity index (χ3n) is 5.59. The van der Waals surface area contributed by atoms with E-state index >= 15 is 0 Å². The van der Waals surface area contributed by atoms with Crippen LogP contribution in [-0.2, 0) is 12.8 Å². The molecule has 31 heavy (non-hydrogen) atoms. The molecule has 0 saturated heterocycles. The molecule has 0 saturated carbocycles. The maximum Gasteiger partial charge on any atom is 0.257 e. The molecule has 1 aliphatic carbocycles. The average Bonchev–Trinajstić information content (AvgIpc) is 3.15. The Labute approximate surface area is 192 Å². The van der Waals surface area contributed by atoms with E-state index in [0.29, 0.717) is 16.1 Å². The van der Waals surface area contributed by atoms with E-state index in [9.17, 15) is 10.1 Å². The van der Waals surface area contributed by atoms with E-state index < -0.39 is 0 Å². The lowest BCUT2D eigenvalue weighted by Gasteiger charge is -2.11. The molecule has 0 aliphatic heterocycles. The molecule has 0 bridgehead atoms. The first-order chi connectivity index (χ1) is 15.1. The third-order valence-corrected chi connectivity index (χ3v) is 7.29. The van der Waals surface area contributed by atoms with Crippen molar-refractivity contribution in [3.63, 3.8) is 0 Å². The minimum absolute atomic E-state index is 0.218. The Hall–Kier alpha value is -3.01. The molecule has 0 spiro atoms. The van der Waals surface area contributed by atoms with Gasteiger partial charge in [0.15, 0.2) is 0 Å². The number of para-hydroxylation sites is 1. The fraction of sp³-hybridized carbons (Fsp3) is 0.160. The molecule has 0 fully saturated rings. The fourth-order valence-corrected chi connectivity index (χ4v) is 5.74. The number of carbonyl (C=O) groups excluding carboxylic acids is 1. The number of anilines is 1. The number of carbonyl (C=O) groups is 1. The smallest absolute Gasteiger partial charge is 0.257 e. The summed E-state index contributed by atoms with van der Waals surface area (Å²) < 4.78 is 0.953. The maximum absolute atomic E-state index is 13.4. The van der Waals surface area contributed by atoms with Gasteiger partial charge in [-0.1, -0.05) is 46.3 Å². The van der Waals surface area contributed by atoms with Crippen LogP contribution in [0.5, 0.6) is 0 Å². The molecule has 1 aliphatic rings. The topological polar surface area (TPSA) is 65.8 Å². The summed E-state index contributed by atoms with van der Waals surface area (Å²) in [4.78, 5) is 19.4. The molecule has 4 nitrogen and oxygen atoms in total. The van der Waals surface area contributed by atoms with Gasteiger partial charge >= 0.3 is 0 Å². The summed E-state index contributed by atoms with van der Waals surface area (Å²) in [6.07, 6.45) is 4.12. The summed E-state index contributed by atoms with van der Waals surface area (Å²) in [5.74, 6) is -0.218. The SMILES string of the molecule is N#Cc1c(NC(=O)c2cc(-c3cccc(Br)c3)nc3ccccc23)sc2c1CCCC2. The Kier molecular flexibility index (Phi) is 5.31. The van der Waals surface area contributed by atoms with Crippen LogP contribution < -0.4 is 5.32 Å². The summed E-state index contributed by atoms with van der Waals surface area (Å²) in [6.45, 7) is 0. The predicted molar refractivity (Wildman–Crippen MR) is 129 cm³/mol. The van der Waals surface area contributed by atoms with E-state index in [1.807, 2.05) is 54.6 Å². The van der Waals surface area contributed by atoms with Gasteiger partial charge in [0, 0.05) is 20.3 Å². The second-order valence-electron chi connectivity index (χ2n) is 7.56. The van der Waals surface area contributed by atoms with Crippen LogP contribution >= 0.6 is 27.3 Å². The summed E-state index contributed by atoms with van der Waals surface area (Å²) >= 11 is 5.05. The zero-order valence-corrected chi connectivity index (χ0v) is 19.0. The van der Waals surface area contributed by atoms with Gasteiger partial charge in [0.1, 0.15) is 11.1 Å². The molecule has 152 valence electrons. The second-order valence-corrected chi connectivity index (χ2v) is 9.58. The van der Waals surface area contributed by atoms with E-state index in [1.54, 1.807) is 11.3 Å². The van der Waals surface area contributed by atoms with Gasteiger partial charge in [-0.15, -0.1) is 11.3 Å². The van der Waals surface area contributed by atoms with Crippen LogP contribution in [0.4, 0.5) is 5.00 Å². The lowest BCUT2D eigenvalue weighted by atomic mass is 9.96. The van der Waals surface area contributed by atoms with Crippen LogP contribution in [0.2, 0.25) is 0 Å². The van der Waals surface area contributed by atoms with E-state index in [1.165, 1.54) is 4.88 Å². The van der Waals surface area contributed by atoms with Crippen molar-refractivity contribution in [3.05, 3.63) is 80.6 Å². The number of benzene rings is 2. The Morgan fingerprint density at radius 2 is 1.94 bits per heavy atom. The quantitative estimate of drug-likeness (QED) is 0.348. The molecular formula is C25H18BrN3OS. The van der Waals surface area contributed by atoms with Gasteiger partial charge in [-0.2, -0.15) is 5.26 Å². The predicted octanol–water partition coefficient (Wildman–Crippen LogP) is 6.73. The number of hydrogen-bond donors (Lipinski definition) is 1. The van der Waals surface area contributed by atoms with Crippen LogP contribution in [0.3, 0.4) is 0 Å². The average molecular weight is 488 g/mol. The highest BCUT2D eigenvalue weighted by atomic mass is 79.9. The molecule has 0 atom stereocenters. The Morgan fingerprint density at radius 1 is 1.10 bits per heavy atom. The highest BCUT2D eigenvalue weighted by Gasteiger charge is 2.23. The minimum Gasteiger partial charge on any atom is -0.312 e. The number of nitrogens with zero attached hydrogens (tertiary/aromatic N) is 2. The lowest BCUT2D eigenvalue weighted by Crippen LogP contribution is -2.13. The molecule has 1 amide bonds. The van der Waals surface area contributed by atoms with Crippen LogP contribution in [0.15, 0.2) is 59.1 Å². The number of aromatic nitrogens is 1. The molecule has 1 N–H and O–H groups in total. The number of halogens is 1. The number of pyridine rings is 1. The number of thiophene rings is 1. The first-order valence-electron chi connectivity index (χ1n) is 10.2. The highest BCUT2D eigenvalue weighted by Crippen LogP contribution is 2.38. The van der Waals surface area contributed by atoms with Crippen molar-refractivity contribution in [2.45, 2.75) is 25.7 Å². The molecule has 0 radical (unpaired) electrons. The third kappa shape index (κ3) is 3.76. The standard InChI is InChI=1S/C25H18BrN3OS/c26-16-7-5-6-15(12-16)22-13-19(17-8-1-3-10-21(17)28-22)24(30)29-25-20(14-27)18-9-2-4-11-23(18)31-25/h1,3,5-8,10,12-13H,2,4,9,11H2,(H,29,30). The summed E-state index contributed by atoms with van der Waals surface area (Å²) in [6, 6.07) is 19.7. The second kappa shape index (κ2) is 8.26. The van der Waals surface area contributed by atoms with Gasteiger partial charge in [-0.3, -0.25) is 4.79 Å². The van der Waals surface area contributed by atoms with E-state index in [2.05, 4.69) is 27.3 Å². The van der Waals surface area contributed by atoms with E-state index in [4.69, 9.17) is 4.98 Å². The molecular weight excluding hydrogens is 470 g/mol. The maximum atomic E-state index is 13.4. The van der Waals surface area contributed by atoms with Crippen LogP contribution in [0.1, 0.15) is 39.2 Å². The van der Waals surface area contributed by atoms with Crippen molar-refractivity contribution in [1.82, 2.24) is 4.98 Å². The van der Waals surface area contributed by atoms with Gasteiger partial charge < -0.3 is 5.32 Å². The monoisotopic (exact) mass is 487 g/mol. The molecule has 4 aromatic rings. The van der Waals surface area contributed by atoms with Crippen molar-refractivity contribution in [1.29, 1.82) is 5.26 Å².